The lowest BCUT2D eigenvalue weighted by Gasteiger charge is -2.30. The normalized spacial score (nSPS) is 18.6. The van der Waals surface area contributed by atoms with Gasteiger partial charge in [-0.15, -0.1) is 0 Å². The molecule has 19 amide bonds. The zero-order valence-corrected chi connectivity index (χ0v) is 55.0. The number of likely N-dealkylation sites (tertiary alicyclic amines) is 3. The van der Waals surface area contributed by atoms with Gasteiger partial charge in [0.05, 0.1) is 30.2 Å². The van der Waals surface area contributed by atoms with Crippen LogP contribution in [0.25, 0.3) is 0 Å². The second-order valence-electron chi connectivity index (χ2n) is 26.1. The Morgan fingerprint density at radius 1 is 0.409 bits per heavy atom. The van der Waals surface area contributed by atoms with E-state index >= 15 is 0 Å². The number of amides is 19. The Morgan fingerprint density at radius 3 is 1.14 bits per heavy atom. The third-order valence-corrected chi connectivity index (χ3v) is 15.3. The summed E-state index contributed by atoms with van der Waals surface area (Å²) in [4.78, 5) is 134. The van der Waals surface area contributed by atoms with E-state index in [2.05, 4.69) is 85.1 Å². The summed E-state index contributed by atoms with van der Waals surface area (Å²) in [5.41, 5.74) is -0.662. The maximum absolute atomic E-state index is 13.7. The molecular weight excluding hydrogens is 1140 g/mol. The smallest absolute Gasteiger partial charge is 0.407 e. The van der Waals surface area contributed by atoms with Gasteiger partial charge in [-0.1, -0.05) is 55.4 Å². The monoisotopic (exact) mass is 1250 g/mol. The molecule has 3 saturated heterocycles. The number of hydrogen-bond acceptors (Lipinski definition) is 11. The first-order valence-electron chi connectivity index (χ1n) is 31.7. The standard InChI is InChI=1S/C58H111N19O11/c1-35(2)24-41(28-62-48(78)59-14)71-51(81)60-26-39(9)69-49(79)64-33-46(37(5)6)73-53(83)63-30-43-18-15-21-75(43)55(85)67-32-45-20-17-23-77(45)56(86)68-31-44-19-16-22-76(44)54(84)66-29-42(25-36(3)4)72-52(82)61-27-40(10)70-50(80)65-34-47(38(7)8)74-57(87)88-58(11,12)13/h35-47H,15-34H2,1-14H3,(H,66,84)(H,67,85)(H,68,86)(H,74,87)(H2,59,62,78)(H2,60,71,81)(H2,61,72,82)(H2,63,73,83)(H2,64,69,79)(H2,65,70,80)/t39-,40-,41-,42-,43-,44-,45-,46+,47+/m0/s1. The highest BCUT2D eigenvalue weighted by Crippen LogP contribution is 2.21. The predicted molar refractivity (Wildman–Crippen MR) is 337 cm³/mol. The van der Waals surface area contributed by atoms with Gasteiger partial charge in [0, 0.05) is 110 Å². The minimum absolute atomic E-state index is 0.0137. The van der Waals surface area contributed by atoms with Crippen molar-refractivity contribution in [3.05, 3.63) is 0 Å². The number of nitrogens with one attached hydrogen (secondary N) is 16. The van der Waals surface area contributed by atoms with Gasteiger partial charge in [0.1, 0.15) is 5.60 Å². The van der Waals surface area contributed by atoms with Crippen molar-refractivity contribution in [1.29, 1.82) is 0 Å². The predicted octanol–water partition coefficient (Wildman–Crippen LogP) is 3.11. The number of carbonyl (C=O) groups is 10. The van der Waals surface area contributed by atoms with Crippen LogP contribution < -0.4 is 85.1 Å². The SMILES string of the molecule is CNC(=O)NC[C@H](CC(C)C)NC(=O)NC[C@H](C)NC(=O)NC[C@@H](NC(=O)NC[C@@H]1CCCN1C(=O)NC[C@@H]1CCCN1C(=O)NC[C@@H]1CCCN1C(=O)NC[C@H](CC(C)C)NC(=O)NC[C@H](C)NC(=O)NC[C@@H](NC(=O)OC(C)(C)C)C(C)C)C(C)C. The van der Waals surface area contributed by atoms with Gasteiger partial charge >= 0.3 is 60.4 Å². The summed E-state index contributed by atoms with van der Waals surface area (Å²) in [7, 11) is 1.51. The molecule has 0 spiro atoms. The molecule has 0 aromatic heterocycles. The van der Waals surface area contributed by atoms with Gasteiger partial charge in [0.15, 0.2) is 0 Å². The lowest BCUT2D eigenvalue weighted by Crippen LogP contribution is -2.55. The molecular formula is C58H111N19O11. The average molecular weight is 1250 g/mol. The van der Waals surface area contributed by atoms with Gasteiger partial charge in [-0.3, -0.25) is 0 Å². The Kier molecular flexibility index (Phi) is 32.5. The quantitative estimate of drug-likeness (QED) is 0.0495. The van der Waals surface area contributed by atoms with Gasteiger partial charge in [0.25, 0.3) is 0 Å². The first-order valence-corrected chi connectivity index (χ1v) is 31.7. The van der Waals surface area contributed by atoms with Crippen LogP contribution in [0, 0.1) is 23.7 Å². The Hall–Kier alpha value is -7.30. The molecule has 3 aliphatic heterocycles. The van der Waals surface area contributed by atoms with E-state index in [-0.39, 0.29) is 137 Å². The summed E-state index contributed by atoms with van der Waals surface area (Å²) < 4.78 is 5.35. The molecule has 0 radical (unpaired) electrons. The second-order valence-corrected chi connectivity index (χ2v) is 26.1. The van der Waals surface area contributed by atoms with E-state index in [1.807, 2.05) is 55.4 Å². The van der Waals surface area contributed by atoms with Crippen molar-refractivity contribution in [2.75, 3.05) is 85.6 Å². The molecule has 16 N–H and O–H groups in total. The van der Waals surface area contributed by atoms with Crippen molar-refractivity contribution in [2.45, 2.75) is 201 Å². The summed E-state index contributed by atoms with van der Waals surface area (Å²) in [5.74, 6) is 0.447. The highest BCUT2D eigenvalue weighted by Gasteiger charge is 2.35. The number of alkyl carbamates (subject to hydrolysis) is 1. The van der Waals surface area contributed by atoms with Gasteiger partial charge in [0.2, 0.25) is 0 Å². The average Bonchev–Trinajstić information content (AvgIpc) is 3.15. The van der Waals surface area contributed by atoms with Crippen LogP contribution in [0.1, 0.15) is 141 Å². The molecule has 9 atom stereocenters. The lowest BCUT2D eigenvalue weighted by atomic mass is 10.0. The molecule has 3 rings (SSSR count). The molecule has 3 aliphatic rings. The minimum Gasteiger partial charge on any atom is -0.444 e. The number of rotatable bonds is 30. The number of ether oxygens (including phenoxy) is 1. The van der Waals surface area contributed by atoms with Crippen molar-refractivity contribution in [3.8, 4) is 0 Å². The highest BCUT2D eigenvalue weighted by atomic mass is 16.6. The van der Waals surface area contributed by atoms with E-state index < -0.39 is 66.0 Å². The number of nitrogens with zero attached hydrogens (tertiary/aromatic N) is 3. The Bertz CT molecular complexity index is 2240. The number of hydrogen-bond donors (Lipinski definition) is 16. The first-order chi connectivity index (χ1) is 41.4. The van der Waals surface area contributed by atoms with Crippen LogP contribution in [-0.4, -0.2) is 221 Å². The molecule has 0 saturated carbocycles. The maximum atomic E-state index is 13.7. The zero-order chi connectivity index (χ0) is 65.7. The van der Waals surface area contributed by atoms with Gasteiger partial charge in [-0.25, -0.2) is 47.9 Å². The van der Waals surface area contributed by atoms with E-state index in [0.717, 1.165) is 19.3 Å². The molecule has 3 heterocycles. The third-order valence-electron chi connectivity index (χ3n) is 15.3. The molecule has 0 aliphatic carbocycles. The largest absolute Gasteiger partial charge is 0.444 e. The summed E-state index contributed by atoms with van der Waals surface area (Å²) in [6.45, 7) is 27.8. The third kappa shape index (κ3) is 29.6. The molecule has 0 aromatic carbocycles. The van der Waals surface area contributed by atoms with Gasteiger partial charge in [-0.2, -0.15) is 0 Å². The van der Waals surface area contributed by atoms with E-state index in [9.17, 15) is 47.9 Å². The van der Waals surface area contributed by atoms with Crippen LogP contribution in [0.3, 0.4) is 0 Å². The molecule has 30 heteroatoms. The first kappa shape index (κ1) is 75.0. The number of carbonyl (C=O) groups excluding carboxylic acids is 10. The van der Waals surface area contributed by atoms with E-state index in [0.29, 0.717) is 51.7 Å². The molecule has 0 aromatic rings. The fourth-order valence-corrected chi connectivity index (χ4v) is 10.5. The van der Waals surface area contributed by atoms with E-state index in [4.69, 9.17) is 4.74 Å². The van der Waals surface area contributed by atoms with Gasteiger partial charge in [-0.05, 0) is 110 Å². The second kappa shape index (κ2) is 38.2. The summed E-state index contributed by atoms with van der Waals surface area (Å²) in [6, 6.07) is -6.55. The van der Waals surface area contributed by atoms with Crippen LogP contribution >= 0.6 is 0 Å². The van der Waals surface area contributed by atoms with Crippen molar-refractivity contribution < 1.29 is 52.7 Å². The zero-order valence-electron chi connectivity index (χ0n) is 55.0. The van der Waals surface area contributed by atoms with Crippen LogP contribution in [0.4, 0.5) is 47.9 Å². The fourth-order valence-electron chi connectivity index (χ4n) is 10.5. The van der Waals surface area contributed by atoms with Crippen LogP contribution in [-0.2, 0) is 4.74 Å². The van der Waals surface area contributed by atoms with Gasteiger partial charge < -0.3 is 105 Å². The molecule has 504 valence electrons. The Labute approximate surface area is 521 Å². The molecule has 0 bridgehead atoms. The van der Waals surface area contributed by atoms with E-state index in [1.165, 1.54) is 7.05 Å². The topological polar surface area (TPSA) is 382 Å². The Balaban J connectivity index is 1.38. The summed E-state index contributed by atoms with van der Waals surface area (Å²) >= 11 is 0. The fraction of sp³-hybridized carbons (Fsp3) is 0.828. The van der Waals surface area contributed by atoms with Crippen molar-refractivity contribution in [3.63, 3.8) is 0 Å². The summed E-state index contributed by atoms with van der Waals surface area (Å²) in [6.07, 6.45) is 5.03. The molecule has 0 unspecified atom stereocenters. The number of urea groups is 9. The van der Waals surface area contributed by atoms with Crippen LogP contribution in [0.15, 0.2) is 0 Å². The Morgan fingerprint density at radius 2 is 0.750 bits per heavy atom. The minimum atomic E-state index is -0.662. The molecule has 30 nitrogen and oxygen atoms in total. The molecule has 3 fully saturated rings. The maximum Gasteiger partial charge on any atom is 0.407 e. The van der Waals surface area contributed by atoms with Crippen molar-refractivity contribution >= 4 is 60.4 Å². The van der Waals surface area contributed by atoms with Crippen molar-refractivity contribution in [2.24, 2.45) is 23.7 Å². The van der Waals surface area contributed by atoms with Crippen LogP contribution in [0.5, 0.6) is 0 Å². The van der Waals surface area contributed by atoms with Crippen LogP contribution in [0.2, 0.25) is 0 Å². The highest BCUT2D eigenvalue weighted by molar-refractivity contribution is 5.80. The van der Waals surface area contributed by atoms with E-state index in [1.54, 1.807) is 49.3 Å². The summed E-state index contributed by atoms with van der Waals surface area (Å²) in [5, 5.41) is 45.4. The lowest BCUT2D eigenvalue weighted by molar-refractivity contribution is 0.0490. The van der Waals surface area contributed by atoms with Crippen molar-refractivity contribution in [1.82, 2.24) is 99.8 Å². The molecule has 88 heavy (non-hydrogen) atoms.